The maximum Gasteiger partial charge on any atom is 0.242 e. The molecule has 4 heterocycles. The summed E-state index contributed by atoms with van der Waals surface area (Å²) in [6.07, 6.45) is 1.73. The number of hydrogen-bond donors (Lipinski definition) is 1. The highest BCUT2D eigenvalue weighted by Gasteiger charge is 2.22. The summed E-state index contributed by atoms with van der Waals surface area (Å²) >= 11 is 0. The summed E-state index contributed by atoms with van der Waals surface area (Å²) in [5.74, 6) is 2.29. The molecule has 3 aromatic heterocycles. The highest BCUT2D eigenvalue weighted by atomic mass is 16.2. The number of amides is 1. The van der Waals surface area contributed by atoms with Gasteiger partial charge in [-0.2, -0.15) is 0 Å². The predicted octanol–water partition coefficient (Wildman–Crippen LogP) is 2.62. The average Bonchev–Trinajstić information content (AvgIpc) is 3.22. The molecule has 1 saturated heterocycles. The molecule has 9 heteroatoms. The quantitative estimate of drug-likeness (QED) is 0.522. The Hall–Kier alpha value is -4.01. The second-order valence-electron chi connectivity index (χ2n) is 7.80. The molecular weight excluding hydrogens is 404 g/mol. The number of nitrogens with zero attached hydrogens (tertiary/aromatic N) is 7. The van der Waals surface area contributed by atoms with E-state index in [-0.39, 0.29) is 5.91 Å². The Morgan fingerprint density at radius 3 is 2.56 bits per heavy atom. The van der Waals surface area contributed by atoms with Gasteiger partial charge < -0.3 is 19.7 Å². The highest BCUT2D eigenvalue weighted by Crippen LogP contribution is 2.18. The standard InChI is InChI=1S/C23H24N8O/c1-17-5-4-8-20(25-17)26-21-9-10-22(28-27-21)29-11-13-30(14-12-29)23(32)15-31-16-24-18-6-2-3-7-19(18)31/h2-10,16H,11-15H2,1H3,(H,25,26,27). The molecule has 0 unspecified atom stereocenters. The van der Waals surface area contributed by atoms with Crippen LogP contribution in [0.4, 0.5) is 17.5 Å². The molecule has 1 amide bonds. The van der Waals surface area contributed by atoms with Crippen molar-refractivity contribution in [2.24, 2.45) is 0 Å². The molecule has 9 nitrogen and oxygen atoms in total. The monoisotopic (exact) mass is 428 g/mol. The lowest BCUT2D eigenvalue weighted by atomic mass is 10.3. The van der Waals surface area contributed by atoms with Gasteiger partial charge in [-0.1, -0.05) is 18.2 Å². The van der Waals surface area contributed by atoms with E-state index in [1.54, 1.807) is 6.33 Å². The van der Waals surface area contributed by atoms with Gasteiger partial charge in [-0.05, 0) is 43.3 Å². The van der Waals surface area contributed by atoms with E-state index in [0.29, 0.717) is 25.5 Å². The Kier molecular flexibility index (Phi) is 5.37. The molecule has 0 spiro atoms. The van der Waals surface area contributed by atoms with Gasteiger partial charge in [-0.3, -0.25) is 4.79 Å². The minimum absolute atomic E-state index is 0.101. The number of hydrogen-bond acceptors (Lipinski definition) is 7. The van der Waals surface area contributed by atoms with Crippen LogP contribution in [0.1, 0.15) is 5.69 Å². The molecule has 0 atom stereocenters. The van der Waals surface area contributed by atoms with Gasteiger partial charge in [0.25, 0.3) is 0 Å². The van der Waals surface area contributed by atoms with Crippen molar-refractivity contribution >= 4 is 34.4 Å². The third kappa shape index (κ3) is 4.22. The first kappa shape index (κ1) is 19.9. The summed E-state index contributed by atoms with van der Waals surface area (Å²) in [7, 11) is 0. The minimum atomic E-state index is 0.101. The molecule has 0 saturated carbocycles. The van der Waals surface area contributed by atoms with Crippen molar-refractivity contribution in [3.8, 4) is 0 Å². The molecular formula is C23H24N8O. The summed E-state index contributed by atoms with van der Waals surface area (Å²) < 4.78 is 1.91. The van der Waals surface area contributed by atoms with E-state index < -0.39 is 0 Å². The molecule has 4 aromatic rings. The molecule has 5 rings (SSSR count). The molecule has 162 valence electrons. The number of aryl methyl sites for hydroxylation is 1. The second kappa shape index (κ2) is 8.62. The van der Waals surface area contributed by atoms with E-state index in [2.05, 4.69) is 30.4 Å². The van der Waals surface area contributed by atoms with Crippen LogP contribution in [-0.4, -0.2) is 61.7 Å². The van der Waals surface area contributed by atoms with E-state index in [0.717, 1.165) is 41.5 Å². The van der Waals surface area contributed by atoms with Crippen molar-refractivity contribution in [2.45, 2.75) is 13.5 Å². The number of benzene rings is 1. The SMILES string of the molecule is Cc1cccc(Nc2ccc(N3CCN(C(=O)Cn4cnc5ccccc54)CC3)nn2)n1. The molecule has 1 fully saturated rings. The van der Waals surface area contributed by atoms with Crippen LogP contribution >= 0.6 is 0 Å². The largest absolute Gasteiger partial charge is 0.352 e. The Labute approximate surface area is 185 Å². The number of fused-ring (bicyclic) bond motifs is 1. The lowest BCUT2D eigenvalue weighted by Crippen LogP contribution is -2.49. The fraction of sp³-hybridized carbons (Fsp3) is 0.261. The molecule has 1 aliphatic rings. The number of nitrogens with one attached hydrogen (secondary N) is 1. The summed E-state index contributed by atoms with van der Waals surface area (Å²) in [6.45, 7) is 4.99. The smallest absolute Gasteiger partial charge is 0.242 e. The molecule has 1 N–H and O–H groups in total. The Morgan fingerprint density at radius 1 is 0.938 bits per heavy atom. The molecule has 1 aromatic carbocycles. The van der Waals surface area contributed by atoms with Gasteiger partial charge in [-0.25, -0.2) is 9.97 Å². The molecule has 0 aliphatic carbocycles. The maximum absolute atomic E-state index is 12.8. The van der Waals surface area contributed by atoms with Gasteiger partial charge >= 0.3 is 0 Å². The number of anilines is 3. The first-order chi connectivity index (χ1) is 15.7. The van der Waals surface area contributed by atoms with Crippen LogP contribution in [0.3, 0.4) is 0 Å². The van der Waals surface area contributed by atoms with Gasteiger partial charge in [-0.15, -0.1) is 10.2 Å². The van der Waals surface area contributed by atoms with Crippen LogP contribution in [0, 0.1) is 6.92 Å². The number of imidazole rings is 1. The van der Waals surface area contributed by atoms with Gasteiger partial charge in [0.2, 0.25) is 5.91 Å². The molecule has 0 radical (unpaired) electrons. The third-order valence-corrected chi connectivity index (χ3v) is 5.58. The third-order valence-electron chi connectivity index (χ3n) is 5.58. The van der Waals surface area contributed by atoms with Crippen molar-refractivity contribution in [3.05, 3.63) is 66.6 Å². The van der Waals surface area contributed by atoms with E-state index in [1.165, 1.54) is 0 Å². The van der Waals surface area contributed by atoms with Crippen LogP contribution in [-0.2, 0) is 11.3 Å². The number of carbonyl (C=O) groups is 1. The summed E-state index contributed by atoms with van der Waals surface area (Å²) in [4.78, 5) is 25.6. The van der Waals surface area contributed by atoms with E-state index >= 15 is 0 Å². The normalized spacial score (nSPS) is 14.0. The molecule has 1 aliphatic heterocycles. The first-order valence-electron chi connectivity index (χ1n) is 10.6. The topological polar surface area (TPSA) is 92.1 Å². The number of piperazine rings is 1. The Balaban J connectivity index is 1.17. The number of rotatable bonds is 5. The van der Waals surface area contributed by atoms with E-state index in [4.69, 9.17) is 0 Å². The van der Waals surface area contributed by atoms with Gasteiger partial charge in [0, 0.05) is 31.9 Å². The summed E-state index contributed by atoms with van der Waals surface area (Å²) in [5.41, 5.74) is 2.82. The Bertz CT molecular complexity index is 1230. The average molecular weight is 429 g/mol. The van der Waals surface area contributed by atoms with Crippen LogP contribution in [0.15, 0.2) is 60.9 Å². The fourth-order valence-corrected chi connectivity index (χ4v) is 3.87. The zero-order valence-corrected chi connectivity index (χ0v) is 17.8. The lowest BCUT2D eigenvalue weighted by Gasteiger charge is -2.35. The molecule has 0 bridgehead atoms. The number of aromatic nitrogens is 5. The van der Waals surface area contributed by atoms with Crippen molar-refractivity contribution in [1.82, 2.24) is 29.6 Å². The lowest BCUT2D eigenvalue weighted by molar-refractivity contribution is -0.132. The van der Waals surface area contributed by atoms with Crippen LogP contribution in [0.2, 0.25) is 0 Å². The summed E-state index contributed by atoms with van der Waals surface area (Å²) in [6, 6.07) is 17.5. The van der Waals surface area contributed by atoms with Gasteiger partial charge in [0.1, 0.15) is 12.4 Å². The van der Waals surface area contributed by atoms with Crippen molar-refractivity contribution in [3.63, 3.8) is 0 Å². The zero-order valence-electron chi connectivity index (χ0n) is 17.8. The fourth-order valence-electron chi connectivity index (χ4n) is 3.87. The van der Waals surface area contributed by atoms with Gasteiger partial charge in [0.05, 0.1) is 17.4 Å². The molecule has 32 heavy (non-hydrogen) atoms. The van der Waals surface area contributed by atoms with Crippen LogP contribution in [0.25, 0.3) is 11.0 Å². The van der Waals surface area contributed by atoms with Crippen molar-refractivity contribution in [1.29, 1.82) is 0 Å². The van der Waals surface area contributed by atoms with Crippen molar-refractivity contribution < 1.29 is 4.79 Å². The van der Waals surface area contributed by atoms with Crippen LogP contribution in [0.5, 0.6) is 0 Å². The number of pyridine rings is 1. The summed E-state index contributed by atoms with van der Waals surface area (Å²) in [5, 5.41) is 11.8. The number of para-hydroxylation sites is 2. The van der Waals surface area contributed by atoms with Crippen molar-refractivity contribution in [2.75, 3.05) is 36.4 Å². The maximum atomic E-state index is 12.8. The highest BCUT2D eigenvalue weighted by molar-refractivity contribution is 5.80. The number of carbonyl (C=O) groups excluding carboxylic acids is 1. The van der Waals surface area contributed by atoms with Gasteiger partial charge in [0.15, 0.2) is 11.6 Å². The second-order valence-corrected chi connectivity index (χ2v) is 7.80. The zero-order chi connectivity index (χ0) is 21.9. The predicted molar refractivity (Wildman–Crippen MR) is 123 cm³/mol. The first-order valence-corrected chi connectivity index (χ1v) is 10.6. The minimum Gasteiger partial charge on any atom is -0.352 e. The van der Waals surface area contributed by atoms with E-state index in [9.17, 15) is 4.79 Å². The Morgan fingerprint density at radius 2 is 1.78 bits per heavy atom. The van der Waals surface area contributed by atoms with E-state index in [1.807, 2.05) is 71.0 Å². The van der Waals surface area contributed by atoms with Crippen LogP contribution < -0.4 is 10.2 Å².